The number of amides is 6. The number of para-hydroxylation sites is 1. The Bertz CT molecular complexity index is 7300. The molecular weight excluding hydrogens is 1690 g/mol. The van der Waals surface area contributed by atoms with Crippen LogP contribution in [0.25, 0.3) is 77.8 Å². The average molecular weight is 1780 g/mol. The van der Waals surface area contributed by atoms with Crippen LogP contribution in [0.4, 0.5) is 55.7 Å². The van der Waals surface area contributed by atoms with E-state index in [9.17, 15) is 47.5 Å². The number of carbonyl (C=O) groups excluding carboxylic acids is 6. The number of anilines is 9. The Morgan fingerprint density at radius 2 is 0.763 bits per heavy atom. The standard InChI is InChI=1S/C32H29N9O3S.C31H31N9O3.C30H28FN9O3/c1-38(2)17-7-12-26(42)39(3)22-8-6-9-23(18-22)41-29-27(28(33)34-19-35-29)40(32(41)44)21-15-13-20(14-16-21)30(43)37-31-36-24-10-4-5-11-25(24)45-31;1-20-14-15-33-25(17-20)36-30(42)21-10-12-22(13-11-21)39-27-28(32)34-19-35-29(27)40(31(39)43)24-8-5-7-23(18-24)38(4)26(41)9-6-16-37(2)3;1-37(2)16-6-10-24(41)38(3)21-7-4-8-22(17-21)40-28-25(26(32)34-18-35-28)39(30(40)43)20-13-11-19(12-14-20)29(42)36-27-23(31)9-5-15-33-27/h4-16,18-19H,17H2,1-3H3,(H2,33,34,35)(H,36,37,43);5-15,17-19H,16H2,1-4H3,(H2,32,34,35)(H,33,36,42);4-15,17-18H,16H2,1-3H3,(H2,32,34,35)(H,33,36,42)/b12-7+;9-6+;10-6+. The first kappa shape index (κ1) is 90.3. The second kappa shape index (κ2) is 39.7. The number of hydrogen-bond donors (Lipinski definition) is 6. The van der Waals surface area contributed by atoms with Gasteiger partial charge in [-0.15, -0.1) is 0 Å². The predicted octanol–water partition coefficient (Wildman–Crippen LogP) is 10.3. The molecule has 0 fully saturated rings. The summed E-state index contributed by atoms with van der Waals surface area (Å²) < 4.78 is 23.3. The molecule has 0 bridgehead atoms. The quantitative estimate of drug-likeness (QED) is 0.0306. The zero-order valence-corrected chi connectivity index (χ0v) is 73.3. The number of halogens is 1. The molecule has 16 rings (SSSR count). The summed E-state index contributed by atoms with van der Waals surface area (Å²) in [6.45, 7) is 3.79. The van der Waals surface area contributed by atoms with Gasteiger partial charge in [-0.25, -0.2) is 77.3 Å². The first-order valence-corrected chi connectivity index (χ1v) is 41.3. The number of nitrogens with two attached hydrogens (primary N) is 3. The average Bonchev–Trinajstić information content (AvgIpc) is 1.60. The van der Waals surface area contributed by atoms with E-state index in [1.165, 1.54) is 121 Å². The number of fused-ring (bicyclic) bond motifs is 4. The van der Waals surface area contributed by atoms with Gasteiger partial charge in [0.2, 0.25) is 17.7 Å². The number of imidazole rings is 3. The number of nitrogen functional groups attached to an aromatic ring is 3. The summed E-state index contributed by atoms with van der Waals surface area (Å²) in [5.41, 5.74) is 26.4. The molecule has 0 atom stereocenters. The molecule has 0 radical (unpaired) electrons. The smallest absolute Gasteiger partial charge is 0.339 e. The molecule has 16 aromatic rings. The molecule has 0 unspecified atom stereocenters. The molecule has 0 aliphatic carbocycles. The summed E-state index contributed by atoms with van der Waals surface area (Å²) in [6, 6.07) is 54.0. The van der Waals surface area contributed by atoms with E-state index < -0.39 is 28.8 Å². The topological polar surface area (TPSA) is 433 Å². The molecule has 36 nitrogen and oxygen atoms in total. The van der Waals surface area contributed by atoms with Gasteiger partial charge in [0.1, 0.15) is 41.3 Å². The number of nitrogens with zero attached hydrogens (tertiary/aromatic N) is 21. The highest BCUT2D eigenvalue weighted by atomic mass is 32.1. The second-order valence-corrected chi connectivity index (χ2v) is 31.5. The number of aryl methyl sites for hydroxylation is 1. The van der Waals surface area contributed by atoms with Crippen molar-refractivity contribution in [3.63, 3.8) is 0 Å². The molecule has 7 aromatic carbocycles. The Morgan fingerprint density at radius 3 is 1.13 bits per heavy atom. The summed E-state index contributed by atoms with van der Waals surface area (Å²) in [7, 11) is 16.5. The molecule has 0 spiro atoms. The second-order valence-electron chi connectivity index (χ2n) is 30.4. The van der Waals surface area contributed by atoms with Crippen molar-refractivity contribution in [2.24, 2.45) is 0 Å². The molecular formula is C93H88FN27O9S. The molecule has 9 N–H and O–H groups in total. The van der Waals surface area contributed by atoms with E-state index in [4.69, 9.17) is 17.2 Å². The lowest BCUT2D eigenvalue weighted by atomic mass is 10.2. The van der Waals surface area contributed by atoms with Crippen LogP contribution in [0.3, 0.4) is 0 Å². The molecule has 0 aliphatic heterocycles. The fourth-order valence-corrected chi connectivity index (χ4v) is 14.6. The van der Waals surface area contributed by atoms with Crippen LogP contribution in [-0.4, -0.2) is 205 Å². The number of rotatable bonds is 24. The molecule has 6 amide bonds. The monoisotopic (exact) mass is 1780 g/mol. The Hall–Kier alpha value is -17.0. The zero-order valence-electron chi connectivity index (χ0n) is 72.5. The Morgan fingerprint density at radius 1 is 0.389 bits per heavy atom. The molecule has 9 heterocycles. The maximum absolute atomic E-state index is 14.0. The van der Waals surface area contributed by atoms with Gasteiger partial charge in [0.05, 0.1) is 44.3 Å². The van der Waals surface area contributed by atoms with Crippen LogP contribution in [0.5, 0.6) is 0 Å². The Labute approximate surface area is 751 Å². The normalized spacial score (nSPS) is 11.4. The highest BCUT2D eigenvalue weighted by Gasteiger charge is 2.27. The third kappa shape index (κ3) is 20.1. The third-order valence-electron chi connectivity index (χ3n) is 20.4. The number of aromatic nitrogens is 15. The number of hydrogen-bond acceptors (Lipinski definition) is 25. The van der Waals surface area contributed by atoms with Gasteiger partial charge in [-0.05, 0) is 219 Å². The summed E-state index contributed by atoms with van der Waals surface area (Å²) in [6.07, 6.45) is 16.7. The summed E-state index contributed by atoms with van der Waals surface area (Å²) >= 11 is 1.39. The van der Waals surface area contributed by atoms with Crippen molar-refractivity contribution >= 4 is 142 Å². The van der Waals surface area contributed by atoms with Gasteiger partial charge in [0.15, 0.2) is 51.2 Å². The molecule has 38 heteroatoms. The molecule has 131 heavy (non-hydrogen) atoms. The van der Waals surface area contributed by atoms with E-state index in [1.807, 2.05) is 94.2 Å². The summed E-state index contributed by atoms with van der Waals surface area (Å²) in [5, 5.41) is 8.54. The van der Waals surface area contributed by atoms with Crippen LogP contribution in [0.2, 0.25) is 0 Å². The van der Waals surface area contributed by atoms with E-state index in [0.717, 1.165) is 15.8 Å². The number of carbonyl (C=O) groups is 6. The lowest BCUT2D eigenvalue weighted by Crippen LogP contribution is -2.25. The minimum absolute atomic E-state index is 0.0720. The van der Waals surface area contributed by atoms with Crippen molar-refractivity contribution in [2.75, 3.05) is 131 Å². The summed E-state index contributed by atoms with van der Waals surface area (Å²) in [4.78, 5) is 167. The van der Waals surface area contributed by atoms with Gasteiger partial charge >= 0.3 is 17.1 Å². The number of nitrogens with one attached hydrogen (secondary N) is 3. The highest BCUT2D eigenvalue weighted by Crippen LogP contribution is 2.32. The van der Waals surface area contributed by atoms with Crippen LogP contribution in [0.15, 0.2) is 276 Å². The van der Waals surface area contributed by atoms with Gasteiger partial charge < -0.3 is 57.2 Å². The fourth-order valence-electron chi connectivity index (χ4n) is 13.7. The van der Waals surface area contributed by atoms with Crippen molar-refractivity contribution in [3.05, 3.63) is 321 Å². The van der Waals surface area contributed by atoms with Crippen LogP contribution in [-0.2, 0) is 14.4 Å². The van der Waals surface area contributed by atoms with Gasteiger partial charge in [-0.1, -0.05) is 59.9 Å². The number of pyridine rings is 2. The van der Waals surface area contributed by atoms with Gasteiger partial charge in [0, 0.05) is 105 Å². The number of likely N-dealkylation sites (N-methyl/N-ethyl adjacent to an activating group) is 6. The van der Waals surface area contributed by atoms with Crippen LogP contribution < -0.4 is 64.9 Å². The van der Waals surface area contributed by atoms with Crippen molar-refractivity contribution in [1.29, 1.82) is 0 Å². The zero-order chi connectivity index (χ0) is 93.0. The van der Waals surface area contributed by atoms with Crippen LogP contribution in [0.1, 0.15) is 36.6 Å². The molecule has 0 saturated heterocycles. The highest BCUT2D eigenvalue weighted by molar-refractivity contribution is 7.22. The minimum Gasteiger partial charge on any atom is -0.382 e. The van der Waals surface area contributed by atoms with Crippen LogP contribution >= 0.6 is 11.3 Å². The third-order valence-corrected chi connectivity index (χ3v) is 21.3. The fraction of sp³-hybridized carbons (Fsp3) is 0.140. The van der Waals surface area contributed by atoms with Crippen molar-refractivity contribution in [3.8, 4) is 34.1 Å². The number of thiazole rings is 1. The first-order chi connectivity index (χ1) is 63.0. The van der Waals surface area contributed by atoms with E-state index in [0.29, 0.717) is 115 Å². The van der Waals surface area contributed by atoms with Gasteiger partial charge in [-0.3, -0.25) is 47.8 Å². The lowest BCUT2D eigenvalue weighted by molar-refractivity contribution is -0.114. The van der Waals surface area contributed by atoms with Crippen LogP contribution in [0, 0.1) is 12.7 Å². The Balaban J connectivity index is 0.000000158. The van der Waals surface area contributed by atoms with E-state index in [1.54, 1.807) is 185 Å². The van der Waals surface area contributed by atoms with Crippen molar-refractivity contribution in [2.45, 2.75) is 6.92 Å². The molecule has 0 saturated carbocycles. The SMILES string of the molecule is CN(C)C/C=C/C(=O)N(C)c1cccc(-n2c(=O)n(-c3ccc(C(=O)Nc4nc5ccccc5s4)cc3)c3c(N)ncnc32)c1.CN(C)C/C=C/C(=O)N(C)c1cccc(-n2c(=O)n(-c3ccc(C(=O)Nc4ncccc4F)cc3)c3c(N)ncnc32)c1.Cc1ccnc(NC(=O)c2ccc(-n3c(=O)n(-c4cccc(N(C)C(=O)/C=C/CN(C)C)c4)c4ncnc(N)c43)cc2)c1. The minimum atomic E-state index is -0.664. The predicted molar refractivity (Wildman–Crippen MR) is 507 cm³/mol. The Kier molecular flexibility index (Phi) is 27.4. The van der Waals surface area contributed by atoms with Gasteiger partial charge in [0.25, 0.3) is 17.7 Å². The van der Waals surface area contributed by atoms with Crippen molar-refractivity contribution < 1.29 is 33.2 Å². The number of benzene rings is 7. The van der Waals surface area contributed by atoms with E-state index in [-0.39, 0.29) is 69.5 Å². The maximum Gasteiger partial charge on any atom is 0.339 e. The molecule has 0 aliphatic rings. The van der Waals surface area contributed by atoms with E-state index >= 15 is 0 Å². The maximum atomic E-state index is 14.0. The summed E-state index contributed by atoms with van der Waals surface area (Å²) in [5.74, 6) is -2.00. The molecule has 9 aromatic heterocycles. The first-order valence-electron chi connectivity index (χ1n) is 40.4. The lowest BCUT2D eigenvalue weighted by Gasteiger charge is -2.16. The van der Waals surface area contributed by atoms with Crippen molar-refractivity contribution in [1.82, 2.24) is 87.0 Å². The largest absolute Gasteiger partial charge is 0.382 e. The van der Waals surface area contributed by atoms with Gasteiger partial charge in [-0.2, -0.15) is 0 Å². The van der Waals surface area contributed by atoms with E-state index in [2.05, 4.69) is 60.8 Å². The molecule has 662 valence electrons.